The van der Waals surface area contributed by atoms with Crippen molar-refractivity contribution in [3.05, 3.63) is 89.8 Å². The summed E-state index contributed by atoms with van der Waals surface area (Å²) in [4.78, 5) is 25.8. The molecule has 0 N–H and O–H groups in total. The fourth-order valence-electron chi connectivity index (χ4n) is 3.35. The van der Waals surface area contributed by atoms with Crippen LogP contribution in [0.2, 0.25) is 0 Å². The molecular weight excluding hydrogens is 374 g/mol. The summed E-state index contributed by atoms with van der Waals surface area (Å²) in [5.41, 5.74) is 7.21. The minimum Gasteiger partial charge on any atom is -0.299 e. The van der Waals surface area contributed by atoms with Crippen molar-refractivity contribution in [1.29, 1.82) is 0 Å². The molecule has 0 saturated carbocycles. The summed E-state index contributed by atoms with van der Waals surface area (Å²) >= 11 is 0. The van der Waals surface area contributed by atoms with Crippen LogP contribution in [-0.4, -0.2) is 30.9 Å². The number of hydrogen-bond acceptors (Lipinski definition) is 6. The monoisotopic (exact) mass is 395 g/mol. The number of carbonyl (C=O) groups excluding carboxylic acids is 1. The number of hydrogen-bond donors (Lipinski definition) is 0. The molecule has 4 aromatic heterocycles. The van der Waals surface area contributed by atoms with Gasteiger partial charge in [0, 0.05) is 60.1 Å². The van der Waals surface area contributed by atoms with Crippen molar-refractivity contribution in [3.8, 4) is 22.5 Å². The van der Waals surface area contributed by atoms with Crippen molar-refractivity contribution in [2.75, 3.05) is 0 Å². The molecule has 0 radical (unpaired) electrons. The molecule has 0 spiro atoms. The normalized spacial score (nSPS) is 10.7. The van der Waals surface area contributed by atoms with Crippen LogP contribution in [0.4, 0.5) is 0 Å². The van der Waals surface area contributed by atoms with Crippen LogP contribution in [0.25, 0.3) is 22.5 Å². The molecule has 0 bridgehead atoms. The third-order valence-corrected chi connectivity index (χ3v) is 4.78. The molecule has 30 heavy (non-hydrogen) atoms. The summed E-state index contributed by atoms with van der Waals surface area (Å²) in [7, 11) is 0. The number of nitrogens with zero attached hydrogens (tertiary/aromatic N) is 5. The van der Waals surface area contributed by atoms with Crippen LogP contribution in [0.5, 0.6) is 0 Å². The zero-order valence-electron chi connectivity index (χ0n) is 16.9. The summed E-state index contributed by atoms with van der Waals surface area (Å²) in [5, 5.41) is 7.94. The number of Topliss-reactive ketones (excluding diaryl/α,β-unsaturated/α-hetero) is 1. The number of aromatic nitrogens is 5. The molecule has 0 aliphatic carbocycles. The van der Waals surface area contributed by atoms with E-state index in [1.807, 2.05) is 56.3 Å². The molecule has 6 heteroatoms. The average molecular weight is 395 g/mol. The molecule has 0 saturated heterocycles. The Balaban J connectivity index is 1.42. The van der Waals surface area contributed by atoms with E-state index in [2.05, 4.69) is 25.1 Å². The molecular formula is C24H21N5O. The van der Waals surface area contributed by atoms with E-state index in [-0.39, 0.29) is 12.2 Å². The van der Waals surface area contributed by atoms with Crippen molar-refractivity contribution < 1.29 is 4.79 Å². The molecule has 0 aromatic carbocycles. The van der Waals surface area contributed by atoms with E-state index in [1.165, 1.54) is 0 Å². The molecule has 4 heterocycles. The minimum absolute atomic E-state index is 0.100. The van der Waals surface area contributed by atoms with Gasteiger partial charge < -0.3 is 0 Å². The maximum absolute atomic E-state index is 12.5. The summed E-state index contributed by atoms with van der Waals surface area (Å²) in [5.74, 6) is 0.100. The first-order chi connectivity index (χ1) is 14.6. The Bertz CT molecular complexity index is 1170. The summed E-state index contributed by atoms with van der Waals surface area (Å²) in [6.07, 6.45) is 7.53. The van der Waals surface area contributed by atoms with Crippen molar-refractivity contribution in [2.24, 2.45) is 0 Å². The van der Waals surface area contributed by atoms with Gasteiger partial charge in [0.15, 0.2) is 0 Å². The van der Waals surface area contributed by atoms with Crippen LogP contribution in [-0.2, 0) is 17.6 Å². The van der Waals surface area contributed by atoms with Gasteiger partial charge in [0.05, 0.1) is 11.4 Å². The predicted octanol–water partition coefficient (Wildman–Crippen LogP) is 3.97. The van der Waals surface area contributed by atoms with Crippen LogP contribution in [0.15, 0.2) is 67.3 Å². The van der Waals surface area contributed by atoms with E-state index in [1.54, 1.807) is 24.8 Å². The standard InChI is InChI=1S/C24H21N5O/c1-16-10-18(14-27-24(16)19-7-9-25-17(2)11-19)12-22(30)13-21-6-5-20(15-26-21)23-4-3-8-28-29-23/h3-11,14-15H,12-13H2,1-2H3. The third kappa shape index (κ3) is 4.60. The largest absolute Gasteiger partial charge is 0.299 e. The molecule has 0 fully saturated rings. The number of carbonyl (C=O) groups is 1. The average Bonchev–Trinajstić information content (AvgIpc) is 2.75. The van der Waals surface area contributed by atoms with E-state index in [0.29, 0.717) is 6.42 Å². The number of pyridine rings is 3. The maximum Gasteiger partial charge on any atom is 0.143 e. The van der Waals surface area contributed by atoms with Gasteiger partial charge in [-0.25, -0.2) is 0 Å². The van der Waals surface area contributed by atoms with Gasteiger partial charge in [-0.15, -0.1) is 0 Å². The molecule has 4 rings (SSSR count). The maximum atomic E-state index is 12.5. The van der Waals surface area contributed by atoms with Crippen molar-refractivity contribution >= 4 is 5.78 Å². The van der Waals surface area contributed by atoms with Crippen LogP contribution in [0.3, 0.4) is 0 Å². The highest BCUT2D eigenvalue weighted by Gasteiger charge is 2.10. The van der Waals surface area contributed by atoms with Gasteiger partial charge in [-0.1, -0.05) is 6.07 Å². The quantitative estimate of drug-likeness (QED) is 0.491. The lowest BCUT2D eigenvalue weighted by molar-refractivity contribution is -0.117. The summed E-state index contributed by atoms with van der Waals surface area (Å²) < 4.78 is 0. The van der Waals surface area contributed by atoms with Crippen LogP contribution < -0.4 is 0 Å². The van der Waals surface area contributed by atoms with Gasteiger partial charge in [-0.2, -0.15) is 10.2 Å². The third-order valence-electron chi connectivity index (χ3n) is 4.78. The molecule has 0 unspecified atom stereocenters. The zero-order valence-corrected chi connectivity index (χ0v) is 16.9. The van der Waals surface area contributed by atoms with Gasteiger partial charge >= 0.3 is 0 Å². The topological polar surface area (TPSA) is 81.5 Å². The highest BCUT2D eigenvalue weighted by molar-refractivity contribution is 5.83. The first-order valence-corrected chi connectivity index (χ1v) is 9.72. The number of aryl methyl sites for hydroxylation is 2. The van der Waals surface area contributed by atoms with Crippen LogP contribution in [0.1, 0.15) is 22.5 Å². The molecule has 0 atom stereocenters. The van der Waals surface area contributed by atoms with Crippen molar-refractivity contribution in [2.45, 2.75) is 26.7 Å². The zero-order chi connectivity index (χ0) is 20.9. The van der Waals surface area contributed by atoms with Gasteiger partial charge in [-0.3, -0.25) is 19.7 Å². The van der Waals surface area contributed by atoms with Gasteiger partial charge in [-0.05, 0) is 61.4 Å². The lowest BCUT2D eigenvalue weighted by Gasteiger charge is -2.08. The summed E-state index contributed by atoms with van der Waals surface area (Å²) in [6, 6.07) is 13.5. The Morgan fingerprint density at radius 3 is 2.47 bits per heavy atom. The predicted molar refractivity (Wildman–Crippen MR) is 115 cm³/mol. The lowest BCUT2D eigenvalue weighted by Crippen LogP contribution is -2.08. The Kier molecular flexibility index (Phi) is 5.66. The van der Waals surface area contributed by atoms with Crippen LogP contribution >= 0.6 is 0 Å². The molecule has 4 aromatic rings. The van der Waals surface area contributed by atoms with Crippen molar-refractivity contribution in [1.82, 2.24) is 25.1 Å². The van der Waals surface area contributed by atoms with E-state index in [0.717, 1.165) is 45.0 Å². The molecule has 0 amide bonds. The smallest absolute Gasteiger partial charge is 0.143 e. The second kappa shape index (κ2) is 8.69. The second-order valence-corrected chi connectivity index (χ2v) is 7.23. The van der Waals surface area contributed by atoms with Gasteiger partial charge in [0.1, 0.15) is 5.78 Å². The highest BCUT2D eigenvalue weighted by Crippen LogP contribution is 2.22. The Hall–Kier alpha value is -3.80. The molecule has 148 valence electrons. The van der Waals surface area contributed by atoms with Gasteiger partial charge in [0.2, 0.25) is 0 Å². The highest BCUT2D eigenvalue weighted by atomic mass is 16.1. The van der Waals surface area contributed by atoms with Crippen molar-refractivity contribution in [3.63, 3.8) is 0 Å². The van der Waals surface area contributed by atoms with E-state index >= 15 is 0 Å². The SMILES string of the molecule is Cc1cc(-c2ncc(CC(=O)Cc3ccc(-c4cccnn4)cn3)cc2C)ccn1. The number of ketones is 1. The van der Waals surface area contributed by atoms with Crippen LogP contribution in [0, 0.1) is 13.8 Å². The first kappa shape index (κ1) is 19.5. The lowest BCUT2D eigenvalue weighted by atomic mass is 10.0. The Morgan fingerprint density at radius 1 is 0.867 bits per heavy atom. The molecule has 6 nitrogen and oxygen atoms in total. The molecule has 0 aliphatic heterocycles. The molecule has 0 aliphatic rings. The van der Waals surface area contributed by atoms with E-state index in [9.17, 15) is 4.79 Å². The fourth-order valence-corrected chi connectivity index (χ4v) is 3.35. The second-order valence-electron chi connectivity index (χ2n) is 7.23. The van der Waals surface area contributed by atoms with E-state index < -0.39 is 0 Å². The number of rotatable bonds is 6. The Morgan fingerprint density at radius 2 is 1.77 bits per heavy atom. The van der Waals surface area contributed by atoms with Gasteiger partial charge in [0.25, 0.3) is 0 Å². The van der Waals surface area contributed by atoms with E-state index in [4.69, 9.17) is 0 Å². The summed E-state index contributed by atoms with van der Waals surface area (Å²) in [6.45, 7) is 3.97. The minimum atomic E-state index is 0.100. The fraction of sp³-hybridized carbons (Fsp3) is 0.167. The first-order valence-electron chi connectivity index (χ1n) is 9.72. The Labute approximate surface area is 175 Å².